The molecule has 2 heteroatoms. The van der Waals surface area contributed by atoms with E-state index in [9.17, 15) is 0 Å². The second kappa shape index (κ2) is 17.1. The molecular formula is C50H60OSi. The van der Waals surface area contributed by atoms with Crippen molar-refractivity contribution in [2.24, 2.45) is 0 Å². The molecule has 5 aromatic carbocycles. The van der Waals surface area contributed by atoms with Crippen LogP contribution in [0.15, 0.2) is 110 Å². The molecule has 0 N–H and O–H groups in total. The molecule has 0 bridgehead atoms. The fourth-order valence-corrected chi connectivity index (χ4v) is 12.2. The predicted molar refractivity (Wildman–Crippen MR) is 229 cm³/mol. The summed E-state index contributed by atoms with van der Waals surface area (Å²) in [4.78, 5) is 0. The minimum Gasteiger partial charge on any atom is -0.489 e. The highest BCUT2D eigenvalue weighted by Crippen LogP contribution is 2.51. The zero-order chi connectivity index (χ0) is 36.7. The van der Waals surface area contributed by atoms with Gasteiger partial charge in [-0.15, -0.1) is 0 Å². The summed E-state index contributed by atoms with van der Waals surface area (Å²) in [5.74, 6) is 1.14. The largest absolute Gasteiger partial charge is 0.489 e. The van der Waals surface area contributed by atoms with Gasteiger partial charge in [-0.05, 0) is 110 Å². The Morgan fingerprint density at radius 1 is 0.577 bits per heavy atom. The van der Waals surface area contributed by atoms with E-state index in [1.165, 1.54) is 110 Å². The Labute approximate surface area is 316 Å². The van der Waals surface area contributed by atoms with Crippen LogP contribution in [-0.2, 0) is 25.7 Å². The molecule has 0 radical (unpaired) electrons. The van der Waals surface area contributed by atoms with Gasteiger partial charge in [0.05, 0.1) is 8.07 Å². The first-order valence-electron chi connectivity index (χ1n) is 20.2. The molecule has 0 unspecified atom stereocenters. The molecule has 270 valence electrons. The molecule has 1 aliphatic carbocycles. The number of fused-ring (bicyclic) bond motifs is 3. The van der Waals surface area contributed by atoms with Crippen LogP contribution in [0.3, 0.4) is 0 Å². The Morgan fingerprint density at radius 3 is 1.56 bits per heavy atom. The summed E-state index contributed by atoms with van der Waals surface area (Å²) in [5, 5.41) is 1.47. The molecule has 0 fully saturated rings. The number of hydrogen-bond donors (Lipinski definition) is 0. The molecule has 6 rings (SSSR count). The van der Waals surface area contributed by atoms with E-state index in [1.807, 2.05) is 6.08 Å². The zero-order valence-electron chi connectivity index (χ0n) is 32.8. The number of aryl methyl sites for hydroxylation is 4. The van der Waals surface area contributed by atoms with Crippen molar-refractivity contribution in [1.82, 2.24) is 0 Å². The van der Waals surface area contributed by atoms with Gasteiger partial charge in [-0.1, -0.05) is 176 Å². The van der Waals surface area contributed by atoms with Gasteiger partial charge >= 0.3 is 0 Å². The van der Waals surface area contributed by atoms with Gasteiger partial charge in [0, 0.05) is 5.54 Å². The van der Waals surface area contributed by atoms with Crippen LogP contribution in [0.4, 0.5) is 0 Å². The highest BCUT2D eigenvalue weighted by Gasteiger charge is 2.44. The Bertz CT molecular complexity index is 1870. The summed E-state index contributed by atoms with van der Waals surface area (Å²) in [7, 11) is -2.34. The lowest BCUT2D eigenvalue weighted by molar-refractivity contribution is 0.361. The maximum absolute atomic E-state index is 6.80. The Morgan fingerprint density at radius 2 is 1.08 bits per heavy atom. The summed E-state index contributed by atoms with van der Waals surface area (Å²) in [5.41, 5.74) is 16.8. The van der Waals surface area contributed by atoms with Crippen LogP contribution in [0, 0.1) is 0 Å². The normalized spacial score (nSPS) is 12.5. The van der Waals surface area contributed by atoms with E-state index in [1.54, 1.807) is 0 Å². The molecule has 0 saturated carbocycles. The predicted octanol–water partition coefficient (Wildman–Crippen LogP) is 13.4. The summed E-state index contributed by atoms with van der Waals surface area (Å²) in [6.07, 6.45) is 13.6. The minimum absolute atomic E-state index is 0.280. The lowest BCUT2D eigenvalue weighted by Crippen LogP contribution is -2.49. The van der Waals surface area contributed by atoms with Crippen molar-refractivity contribution >= 4 is 13.3 Å². The number of hydrogen-bond acceptors (Lipinski definition) is 1. The third kappa shape index (κ3) is 7.93. The van der Waals surface area contributed by atoms with Gasteiger partial charge in [-0.2, -0.15) is 0 Å². The third-order valence-electron chi connectivity index (χ3n) is 11.5. The monoisotopic (exact) mass is 704 g/mol. The molecule has 1 nitrogen and oxygen atoms in total. The highest BCUT2D eigenvalue weighted by molar-refractivity contribution is 6.92. The maximum atomic E-state index is 6.80. The Hall–Kier alpha value is -4.14. The molecule has 0 spiro atoms. The molecule has 0 saturated heterocycles. The van der Waals surface area contributed by atoms with Crippen molar-refractivity contribution in [1.29, 1.82) is 0 Å². The van der Waals surface area contributed by atoms with E-state index >= 15 is 0 Å². The lowest BCUT2D eigenvalue weighted by atomic mass is 9.97. The Kier molecular flexibility index (Phi) is 12.4. The van der Waals surface area contributed by atoms with Crippen LogP contribution in [0.1, 0.15) is 105 Å². The number of benzene rings is 5. The van der Waals surface area contributed by atoms with Gasteiger partial charge in [-0.25, -0.2) is 0 Å². The average Bonchev–Trinajstić information content (AvgIpc) is 3.51. The van der Waals surface area contributed by atoms with Gasteiger partial charge in [0.1, 0.15) is 12.4 Å². The number of rotatable bonds is 17. The molecule has 1 aliphatic rings. The van der Waals surface area contributed by atoms with Crippen LogP contribution in [0.5, 0.6) is 5.75 Å². The third-order valence-corrected chi connectivity index (χ3v) is 15.3. The molecule has 0 atom stereocenters. The van der Waals surface area contributed by atoms with Crippen LogP contribution >= 0.6 is 0 Å². The molecule has 5 aromatic rings. The van der Waals surface area contributed by atoms with Crippen molar-refractivity contribution in [3.63, 3.8) is 0 Å². The van der Waals surface area contributed by atoms with Crippen molar-refractivity contribution in [2.75, 3.05) is 6.61 Å². The first-order chi connectivity index (χ1) is 25.3. The molecule has 0 amide bonds. The van der Waals surface area contributed by atoms with Crippen molar-refractivity contribution in [2.45, 2.75) is 111 Å². The second-order valence-corrected chi connectivity index (χ2v) is 20.1. The smallest absolute Gasteiger partial charge is 0.122 e. The van der Waals surface area contributed by atoms with Crippen LogP contribution in [0.2, 0.25) is 13.1 Å². The summed E-state index contributed by atoms with van der Waals surface area (Å²) in [6.45, 7) is 18.9. The molecular weight excluding hydrogens is 645 g/mol. The SMILES string of the molecule is C=CCOc1c(CCCCC)cc(CCCCC)cc1[Si](C)(C)C1c2cc(-c3ccc(CC)cc3)ccc2-c2ccc(-c3ccc(CC)cc3)cc21. The van der Waals surface area contributed by atoms with Gasteiger partial charge < -0.3 is 4.74 Å². The number of unbranched alkanes of at least 4 members (excludes halogenated alkanes) is 4. The minimum atomic E-state index is -2.34. The van der Waals surface area contributed by atoms with Crippen molar-refractivity contribution in [3.8, 4) is 39.1 Å². The van der Waals surface area contributed by atoms with Gasteiger partial charge in [0.15, 0.2) is 0 Å². The van der Waals surface area contributed by atoms with Crippen LogP contribution in [0.25, 0.3) is 33.4 Å². The van der Waals surface area contributed by atoms with Crippen molar-refractivity contribution < 1.29 is 4.74 Å². The maximum Gasteiger partial charge on any atom is 0.122 e. The molecule has 0 aliphatic heterocycles. The van der Waals surface area contributed by atoms with E-state index in [0.29, 0.717) is 6.61 Å². The van der Waals surface area contributed by atoms with Gasteiger partial charge in [0.25, 0.3) is 0 Å². The quantitative estimate of drug-likeness (QED) is 0.0532. The van der Waals surface area contributed by atoms with Gasteiger partial charge in [-0.3, -0.25) is 0 Å². The Balaban J connectivity index is 1.55. The van der Waals surface area contributed by atoms with E-state index in [4.69, 9.17) is 4.74 Å². The fourth-order valence-electron chi connectivity index (χ4n) is 8.44. The van der Waals surface area contributed by atoms with E-state index in [0.717, 1.165) is 31.4 Å². The first kappa shape index (κ1) is 37.6. The van der Waals surface area contributed by atoms with E-state index in [2.05, 4.69) is 144 Å². The van der Waals surface area contributed by atoms with Crippen LogP contribution < -0.4 is 9.92 Å². The molecule has 0 aromatic heterocycles. The summed E-state index contributed by atoms with van der Waals surface area (Å²) >= 11 is 0. The summed E-state index contributed by atoms with van der Waals surface area (Å²) < 4.78 is 6.80. The molecule has 52 heavy (non-hydrogen) atoms. The summed E-state index contributed by atoms with van der Waals surface area (Å²) in [6, 6.07) is 38.0. The molecule has 0 heterocycles. The topological polar surface area (TPSA) is 9.23 Å². The van der Waals surface area contributed by atoms with E-state index in [-0.39, 0.29) is 5.54 Å². The van der Waals surface area contributed by atoms with Crippen LogP contribution in [-0.4, -0.2) is 14.7 Å². The average molecular weight is 705 g/mol. The highest BCUT2D eigenvalue weighted by atomic mass is 28.3. The fraction of sp³-hybridized carbons (Fsp3) is 0.360. The second-order valence-electron chi connectivity index (χ2n) is 15.5. The zero-order valence-corrected chi connectivity index (χ0v) is 33.8. The van der Waals surface area contributed by atoms with Gasteiger partial charge in [0.2, 0.25) is 0 Å². The number of ether oxygens (including phenoxy) is 1. The lowest BCUT2D eigenvalue weighted by Gasteiger charge is -2.35. The first-order valence-corrected chi connectivity index (χ1v) is 23.3. The standard InChI is InChI=1S/C50H60OSi/c1-8-13-15-17-38-32-43(18-16-14-9-2)49(51-31-10-3)48(33-38)52(6,7)50-46-34-41(39-23-19-36(11-4)20-24-39)27-29-44(46)45-30-28-42(35-47(45)50)40-25-21-37(12-5)22-26-40/h10,19-30,32-35,50H,3,8-9,11-18,31H2,1-2,4-7H3. The van der Waals surface area contributed by atoms with Crippen molar-refractivity contribution in [3.05, 3.63) is 143 Å². The van der Waals surface area contributed by atoms with E-state index < -0.39 is 8.07 Å².